The monoisotopic (exact) mass is 1250 g/mol. The van der Waals surface area contributed by atoms with Gasteiger partial charge in [-0.3, -0.25) is 47.9 Å². The van der Waals surface area contributed by atoms with Gasteiger partial charge in [0.05, 0.1) is 30.3 Å². The Morgan fingerprint density at radius 3 is 1.97 bits per heavy atom. The lowest BCUT2D eigenvalue weighted by molar-refractivity contribution is -0.144. The molecule has 0 spiro atoms. The van der Waals surface area contributed by atoms with E-state index in [-0.39, 0.29) is 86.6 Å². The number of hydrogen-bond acceptors (Lipinski definition) is 20. The van der Waals surface area contributed by atoms with E-state index in [1.54, 1.807) is 20.2 Å². The number of hydrogen-bond donors (Lipinski definition) is 15. The van der Waals surface area contributed by atoms with Gasteiger partial charge in [0.1, 0.15) is 30.2 Å². The number of benzene rings is 1. The highest BCUT2D eigenvalue weighted by molar-refractivity contribution is 7.99. The normalized spacial score (nSPS) is 13.9. The lowest BCUT2D eigenvalue weighted by Crippen LogP contribution is -2.61. The fraction of sp³-hybridized carbons (Fsp3) is 0.579. The van der Waals surface area contributed by atoms with Crippen molar-refractivity contribution in [2.75, 3.05) is 49.7 Å². The number of thioether (sulfide) groups is 1. The maximum Gasteiger partial charge on any atom is 0.307 e. The van der Waals surface area contributed by atoms with Crippen LogP contribution in [0.5, 0.6) is 11.8 Å². The molecule has 0 bridgehead atoms. The molecule has 4 aromatic rings. The molecule has 88 heavy (non-hydrogen) atoms. The van der Waals surface area contributed by atoms with Gasteiger partial charge in [-0.2, -0.15) is 9.97 Å². The highest BCUT2D eigenvalue weighted by Gasteiger charge is 2.35. The molecule has 8 atom stereocenters. The molecule has 0 aliphatic heterocycles. The molecule has 7 amide bonds. The van der Waals surface area contributed by atoms with Crippen LogP contribution in [0.3, 0.4) is 0 Å². The number of ether oxygens (including phenoxy) is 1. The number of carbonyl (C=O) groups is 8. The van der Waals surface area contributed by atoms with Gasteiger partial charge in [0.15, 0.2) is 28.8 Å². The topological polar surface area (TPSA) is 473 Å². The first-order valence-corrected chi connectivity index (χ1v) is 30.7. The Hall–Kier alpha value is -8.45. The molecule has 1 aromatic carbocycles. The number of nitrogens with zero attached hydrogens (tertiary/aromatic N) is 6. The van der Waals surface area contributed by atoms with E-state index in [0.29, 0.717) is 81.2 Å². The number of aliphatic imine (C=N–C) groups is 1. The van der Waals surface area contributed by atoms with Crippen LogP contribution in [0.2, 0.25) is 0 Å². The van der Waals surface area contributed by atoms with Crippen LogP contribution in [0, 0.1) is 11.8 Å². The third-order valence-electron chi connectivity index (χ3n) is 14.6. The van der Waals surface area contributed by atoms with Gasteiger partial charge in [-0.1, -0.05) is 70.9 Å². The lowest BCUT2D eigenvalue weighted by Gasteiger charge is -2.30. The third-order valence-corrected chi connectivity index (χ3v) is 15.7. The first kappa shape index (κ1) is 72.0. The summed E-state index contributed by atoms with van der Waals surface area (Å²) in [6, 6.07) is 3.63. The van der Waals surface area contributed by atoms with Crippen molar-refractivity contribution in [2.45, 2.75) is 166 Å². The zero-order valence-corrected chi connectivity index (χ0v) is 52.0. The molecule has 0 aliphatic carbocycles. The van der Waals surface area contributed by atoms with Gasteiger partial charge >= 0.3 is 5.97 Å². The van der Waals surface area contributed by atoms with Crippen molar-refractivity contribution in [3.05, 3.63) is 48.3 Å². The minimum absolute atomic E-state index is 0.0434. The Bertz CT molecular complexity index is 2960. The maximum atomic E-state index is 14.2. The number of aryl methyl sites for hydroxylation is 1. The van der Waals surface area contributed by atoms with Crippen molar-refractivity contribution in [2.24, 2.45) is 45.5 Å². The van der Waals surface area contributed by atoms with Crippen LogP contribution in [0.4, 0.5) is 11.8 Å². The van der Waals surface area contributed by atoms with Crippen molar-refractivity contribution < 1.29 is 53.3 Å². The predicted octanol–water partition coefficient (Wildman–Crippen LogP) is 0.236. The number of guanidine groups is 1. The van der Waals surface area contributed by atoms with E-state index in [9.17, 15) is 48.6 Å². The highest BCUT2D eigenvalue weighted by Crippen LogP contribution is 2.36. The first-order valence-electron chi connectivity index (χ1n) is 29.7. The number of likely N-dealkylation sites (N-methyl/N-ethyl adjacent to an activating group) is 1. The molecule has 0 saturated heterocycles. The van der Waals surface area contributed by atoms with Gasteiger partial charge in [-0.15, -0.1) is 11.8 Å². The first-order chi connectivity index (χ1) is 42.0. The molecule has 31 heteroatoms. The smallest absolute Gasteiger partial charge is 0.307 e. The second-order valence-electron chi connectivity index (χ2n) is 21.2. The number of nitrogens with one attached hydrogen (secondary N) is 8. The standard InChI is InChI=1S/C57H91N19O11S/c1-7-33(4)44(53(84)63-6)71-51(82)37(19-13-14-24-58)70-54(85)45(34(5)8-2)72-52(83)39(21-22-41(60)77)69-50(81)38(20-15-25-64-56(61)62)68-49(80)36(59)31-88-40-29-42(78)76(55(40)86)27-23-43(79)87-28-16-26-65-57-73-47(66-30-35-17-11-10-12-18-35)46-48(74-57)75(9-3)32-67-46/h10-12,17-18,29,32-34,36-39,44-45,78,86H,7-9,13-16,19-28,30-31,58-59H2,1-6H3,(H2,60,77)(H,63,84)(H,68,80)(H,69,81)(H,70,85)(H,71,82)(H,72,83)(H4,61,62,64)(H2,65,66,73,74)/t33?,34?,36-,37-,38-,39-,44-,45-/m0/s1. The zero-order valence-electron chi connectivity index (χ0n) is 51.1. The van der Waals surface area contributed by atoms with Crippen LogP contribution in [0.25, 0.3) is 11.2 Å². The number of esters is 1. The summed E-state index contributed by atoms with van der Waals surface area (Å²) in [4.78, 5) is 126. The summed E-state index contributed by atoms with van der Waals surface area (Å²) in [5, 5.41) is 44.3. The Kier molecular flexibility index (Phi) is 30.5. The van der Waals surface area contributed by atoms with Crippen LogP contribution in [-0.2, 0) is 62.7 Å². The van der Waals surface area contributed by atoms with Gasteiger partial charge in [-0.05, 0) is 75.8 Å². The highest BCUT2D eigenvalue weighted by atomic mass is 32.2. The van der Waals surface area contributed by atoms with Gasteiger partial charge < -0.3 is 90.7 Å². The largest absolute Gasteiger partial charge is 0.494 e. The molecule has 0 radical (unpaired) electrons. The summed E-state index contributed by atoms with van der Waals surface area (Å²) >= 11 is 0.910. The Morgan fingerprint density at radius 2 is 1.35 bits per heavy atom. The summed E-state index contributed by atoms with van der Waals surface area (Å²) in [6.45, 7) is 11.0. The molecule has 30 nitrogen and oxygen atoms in total. The number of unbranched alkanes of at least 4 members (excludes halogenated alkanes) is 1. The Balaban J connectivity index is 1.37. The van der Waals surface area contributed by atoms with E-state index in [1.165, 1.54) is 13.1 Å². The third kappa shape index (κ3) is 23.0. The molecule has 2 unspecified atom stereocenters. The van der Waals surface area contributed by atoms with Crippen molar-refractivity contribution in [1.82, 2.24) is 56.0 Å². The molecule has 0 aliphatic rings. The number of aromatic nitrogens is 5. The van der Waals surface area contributed by atoms with Gasteiger partial charge in [0.2, 0.25) is 53.2 Å². The molecule has 0 fully saturated rings. The lowest BCUT2D eigenvalue weighted by atomic mass is 9.96. The van der Waals surface area contributed by atoms with Crippen molar-refractivity contribution in [1.29, 1.82) is 0 Å². The second-order valence-corrected chi connectivity index (χ2v) is 22.3. The fourth-order valence-corrected chi connectivity index (χ4v) is 9.88. The van der Waals surface area contributed by atoms with Crippen molar-refractivity contribution >= 4 is 88.0 Å². The van der Waals surface area contributed by atoms with E-state index in [4.69, 9.17) is 33.4 Å². The van der Waals surface area contributed by atoms with Crippen molar-refractivity contribution in [3.63, 3.8) is 0 Å². The summed E-state index contributed by atoms with van der Waals surface area (Å²) < 4.78 is 8.42. The van der Waals surface area contributed by atoms with E-state index < -0.39 is 95.4 Å². The van der Waals surface area contributed by atoms with Crippen LogP contribution in [0.1, 0.15) is 111 Å². The minimum Gasteiger partial charge on any atom is -0.494 e. The van der Waals surface area contributed by atoms with Crippen LogP contribution < -0.4 is 71.2 Å². The van der Waals surface area contributed by atoms with E-state index >= 15 is 0 Å². The van der Waals surface area contributed by atoms with Gasteiger partial charge in [0.25, 0.3) is 0 Å². The van der Waals surface area contributed by atoms with E-state index in [1.807, 2.05) is 55.7 Å². The number of primary amides is 1. The maximum absolute atomic E-state index is 14.2. The predicted molar refractivity (Wildman–Crippen MR) is 334 cm³/mol. The summed E-state index contributed by atoms with van der Waals surface area (Å²) in [7, 11) is 1.45. The average Bonchev–Trinajstić information content (AvgIpc) is 3.49. The van der Waals surface area contributed by atoms with Gasteiger partial charge in [-0.25, -0.2) is 4.98 Å². The van der Waals surface area contributed by atoms with Crippen LogP contribution >= 0.6 is 11.8 Å². The number of fused-ring (bicyclic) bond motifs is 1. The molecular formula is C57H91N19O11S. The van der Waals surface area contributed by atoms with E-state index in [2.05, 4.69) is 62.5 Å². The van der Waals surface area contributed by atoms with Crippen LogP contribution in [-0.4, -0.2) is 163 Å². The van der Waals surface area contributed by atoms with Crippen molar-refractivity contribution in [3.8, 4) is 11.8 Å². The molecule has 3 heterocycles. The van der Waals surface area contributed by atoms with E-state index in [0.717, 1.165) is 21.9 Å². The minimum atomic E-state index is -1.49. The summed E-state index contributed by atoms with van der Waals surface area (Å²) in [6.07, 6.45) is 3.37. The number of imidazole rings is 1. The Labute approximate surface area is 516 Å². The molecule has 20 N–H and O–H groups in total. The summed E-state index contributed by atoms with van der Waals surface area (Å²) in [5.41, 5.74) is 30.9. The number of aromatic hydroxyl groups is 2. The number of nitrogens with two attached hydrogens (primary N) is 5. The summed E-state index contributed by atoms with van der Waals surface area (Å²) in [5.74, 6) is -6.76. The number of amides is 7. The molecule has 0 saturated carbocycles. The Morgan fingerprint density at radius 1 is 0.739 bits per heavy atom. The van der Waals surface area contributed by atoms with Gasteiger partial charge in [0, 0.05) is 58.0 Å². The molecule has 3 aromatic heterocycles. The second kappa shape index (κ2) is 37.3. The number of carbonyl (C=O) groups excluding carboxylic acids is 8. The fourth-order valence-electron chi connectivity index (χ4n) is 8.95. The number of rotatable bonds is 41. The zero-order chi connectivity index (χ0) is 64.9. The molecular weight excluding hydrogens is 1160 g/mol. The SMILES string of the molecule is CCC(C)[C@H](NC(=O)[C@H](CCCCN)NC(=O)[C@@H](NC(=O)[C@H](CCC(N)=O)NC(=O)[C@H](CCCN=C(N)N)NC(=O)[C@@H](N)CSc1cc(O)n(CCC(=O)OCCCNc2nc(NCc3ccccc3)c3ncn(CC)c3n2)c1O)C(C)CC)C(=O)NC. The van der Waals surface area contributed by atoms with Crippen LogP contribution in [0.15, 0.2) is 52.6 Å². The molecule has 486 valence electrons. The molecule has 4 rings (SSSR count). The number of anilines is 2. The quantitative estimate of drug-likeness (QED) is 0.00930. The average molecular weight is 1250 g/mol.